The summed E-state index contributed by atoms with van der Waals surface area (Å²) in [6.45, 7) is -3.14. The van der Waals surface area contributed by atoms with Crippen LogP contribution in [-0.4, -0.2) is 56.9 Å². The molecule has 1 saturated heterocycles. The molecule has 2 heterocycles. The zero-order chi connectivity index (χ0) is 22.8. The van der Waals surface area contributed by atoms with Crippen molar-refractivity contribution in [2.45, 2.75) is 19.3 Å². The predicted octanol–water partition coefficient (Wildman–Crippen LogP) is 2.97. The van der Waals surface area contributed by atoms with Crippen molar-refractivity contribution < 1.29 is 32.5 Å². The quantitative estimate of drug-likeness (QED) is 0.262. The Balaban J connectivity index is 1.82. The van der Waals surface area contributed by atoms with E-state index in [2.05, 4.69) is 0 Å². The normalized spacial score (nSPS) is 14.8. The van der Waals surface area contributed by atoms with E-state index in [1.165, 1.54) is 29.5 Å². The van der Waals surface area contributed by atoms with Gasteiger partial charge >= 0.3 is 24.0 Å². The summed E-state index contributed by atoms with van der Waals surface area (Å²) >= 11 is 1.25. The van der Waals surface area contributed by atoms with E-state index in [0.29, 0.717) is 19.6 Å². The van der Waals surface area contributed by atoms with Gasteiger partial charge in [-0.05, 0) is 11.4 Å². The molecular formula is C18H15F3N4O5S. The Kier molecular flexibility index (Phi) is 6.36. The lowest BCUT2D eigenvalue weighted by Crippen LogP contribution is -2.45. The monoisotopic (exact) mass is 456 g/mol. The minimum Gasteiger partial charge on any atom is -0.272 e. The lowest BCUT2D eigenvalue weighted by atomic mass is 10.1. The van der Waals surface area contributed by atoms with Crippen LogP contribution in [0.25, 0.3) is 0 Å². The average molecular weight is 456 g/mol. The summed E-state index contributed by atoms with van der Waals surface area (Å²) in [5, 5.41) is 12.9. The van der Waals surface area contributed by atoms with Crippen molar-refractivity contribution in [3.63, 3.8) is 0 Å². The number of nitro groups is 1. The van der Waals surface area contributed by atoms with Crippen molar-refractivity contribution in [1.29, 1.82) is 0 Å². The van der Waals surface area contributed by atoms with Crippen molar-refractivity contribution in [2.75, 3.05) is 13.2 Å². The molecule has 1 aromatic heterocycles. The topological polar surface area (TPSA) is 104 Å². The molecule has 0 bridgehead atoms. The van der Waals surface area contributed by atoms with E-state index >= 15 is 0 Å². The van der Waals surface area contributed by atoms with E-state index in [1.807, 2.05) is 0 Å². The van der Waals surface area contributed by atoms with Crippen LogP contribution in [0.1, 0.15) is 10.4 Å². The minimum atomic E-state index is -4.71. The molecule has 0 radical (unpaired) electrons. The number of nitro benzene ring substituents is 1. The van der Waals surface area contributed by atoms with Crippen LogP contribution in [-0.2, 0) is 22.7 Å². The number of halogens is 3. The zero-order valence-corrected chi connectivity index (χ0v) is 16.6. The third-order valence-corrected chi connectivity index (χ3v) is 5.22. The predicted molar refractivity (Wildman–Crippen MR) is 102 cm³/mol. The number of imide groups is 2. The summed E-state index contributed by atoms with van der Waals surface area (Å²) in [5.74, 6) is -2.40. The summed E-state index contributed by atoms with van der Waals surface area (Å²) in [6.07, 6.45) is -4.71. The van der Waals surface area contributed by atoms with Crippen LogP contribution < -0.4 is 0 Å². The maximum Gasteiger partial charge on any atom is 0.401 e. The van der Waals surface area contributed by atoms with E-state index in [-0.39, 0.29) is 12.1 Å². The molecule has 0 unspecified atom stereocenters. The number of benzene rings is 1. The van der Waals surface area contributed by atoms with Crippen molar-refractivity contribution in [3.8, 4) is 0 Å². The Hall–Kier alpha value is -3.32. The van der Waals surface area contributed by atoms with Crippen molar-refractivity contribution >= 4 is 34.9 Å². The second kappa shape index (κ2) is 8.81. The van der Waals surface area contributed by atoms with Crippen LogP contribution in [0.5, 0.6) is 0 Å². The van der Waals surface area contributed by atoms with E-state index < -0.39 is 54.4 Å². The van der Waals surface area contributed by atoms with Crippen LogP contribution in [0.15, 0.2) is 41.8 Å². The van der Waals surface area contributed by atoms with E-state index in [9.17, 15) is 37.7 Å². The molecule has 164 valence electrons. The number of nitrogens with zero attached hydrogens (tertiary/aromatic N) is 4. The minimum absolute atomic E-state index is 0.0300. The van der Waals surface area contributed by atoms with Gasteiger partial charge in [-0.3, -0.25) is 29.5 Å². The van der Waals surface area contributed by atoms with Crippen LogP contribution in [0.4, 0.5) is 23.7 Å². The zero-order valence-electron chi connectivity index (χ0n) is 15.7. The van der Waals surface area contributed by atoms with Gasteiger partial charge in [0.2, 0.25) is 0 Å². The largest absolute Gasteiger partial charge is 0.401 e. The maximum atomic E-state index is 13.1. The molecule has 0 aliphatic carbocycles. The summed E-state index contributed by atoms with van der Waals surface area (Å²) < 4.78 is 39.3. The van der Waals surface area contributed by atoms with Gasteiger partial charge in [-0.15, -0.1) is 11.3 Å². The molecule has 1 aliphatic rings. The Morgan fingerprint density at radius 3 is 2.32 bits per heavy atom. The third kappa shape index (κ3) is 5.24. The number of para-hydroxylation sites is 1. The van der Waals surface area contributed by atoms with Crippen LogP contribution >= 0.6 is 11.3 Å². The molecule has 9 nitrogen and oxygen atoms in total. The summed E-state index contributed by atoms with van der Waals surface area (Å²) in [6, 6.07) is 7.49. The Morgan fingerprint density at radius 2 is 1.71 bits per heavy atom. The molecule has 0 N–H and O–H groups in total. The lowest BCUT2D eigenvalue weighted by molar-refractivity contribution is -0.385. The fourth-order valence-corrected chi connectivity index (χ4v) is 3.74. The standard InChI is InChI=1S/C18H15F3N4O5S/c19-18(20,21)10-22(8-12-4-1-2-6-14(12)25(29)30)11-24-16(27)15(26)23(17(24)28)9-13-5-3-7-31-13/h1-7H,8-11H2. The second-order valence-corrected chi connectivity index (χ2v) is 7.65. The first-order chi connectivity index (χ1) is 14.6. The molecule has 0 atom stereocenters. The lowest BCUT2D eigenvalue weighted by Gasteiger charge is -2.27. The van der Waals surface area contributed by atoms with Gasteiger partial charge in [-0.1, -0.05) is 24.3 Å². The van der Waals surface area contributed by atoms with Gasteiger partial charge in [0.05, 0.1) is 24.7 Å². The first-order valence-corrected chi connectivity index (χ1v) is 9.66. The number of alkyl halides is 3. The molecule has 0 spiro atoms. The summed E-state index contributed by atoms with van der Waals surface area (Å²) in [5.41, 5.74) is -0.429. The molecule has 31 heavy (non-hydrogen) atoms. The Labute approximate surface area is 177 Å². The van der Waals surface area contributed by atoms with E-state index in [4.69, 9.17) is 0 Å². The fraction of sp³-hybridized carbons (Fsp3) is 0.278. The van der Waals surface area contributed by atoms with Gasteiger partial charge < -0.3 is 0 Å². The van der Waals surface area contributed by atoms with Crippen LogP contribution in [0, 0.1) is 10.1 Å². The van der Waals surface area contributed by atoms with Gasteiger partial charge in [0.25, 0.3) is 5.69 Å². The highest BCUT2D eigenvalue weighted by Gasteiger charge is 2.46. The maximum absolute atomic E-state index is 13.1. The van der Waals surface area contributed by atoms with E-state index in [1.54, 1.807) is 17.5 Å². The molecule has 2 aromatic rings. The highest BCUT2D eigenvalue weighted by atomic mass is 32.1. The highest BCUT2D eigenvalue weighted by molar-refractivity contribution is 7.09. The van der Waals surface area contributed by atoms with Gasteiger partial charge in [-0.25, -0.2) is 9.69 Å². The number of hydrogen-bond acceptors (Lipinski definition) is 7. The summed E-state index contributed by atoms with van der Waals surface area (Å²) in [7, 11) is 0. The number of rotatable bonds is 8. The first kappa shape index (κ1) is 22.4. The van der Waals surface area contributed by atoms with Gasteiger partial charge in [0.1, 0.15) is 0 Å². The van der Waals surface area contributed by atoms with Gasteiger partial charge in [0, 0.05) is 23.1 Å². The SMILES string of the molecule is O=C1C(=O)N(CN(Cc2ccccc2[N+](=O)[O-])CC(F)(F)F)C(=O)N1Cc1cccs1. The number of urea groups is 1. The molecule has 3 rings (SSSR count). The molecular weight excluding hydrogens is 441 g/mol. The summed E-state index contributed by atoms with van der Waals surface area (Å²) in [4.78, 5) is 49.8. The van der Waals surface area contributed by atoms with E-state index in [0.717, 1.165) is 6.07 Å². The third-order valence-electron chi connectivity index (χ3n) is 4.36. The average Bonchev–Trinajstić information content (AvgIpc) is 3.26. The van der Waals surface area contributed by atoms with Gasteiger partial charge in [-0.2, -0.15) is 13.2 Å². The molecule has 1 aromatic carbocycles. The molecule has 13 heteroatoms. The van der Waals surface area contributed by atoms with Gasteiger partial charge in [0.15, 0.2) is 0 Å². The smallest absolute Gasteiger partial charge is 0.272 e. The molecule has 4 amide bonds. The molecule has 0 saturated carbocycles. The first-order valence-electron chi connectivity index (χ1n) is 8.78. The number of thiophene rings is 1. The Morgan fingerprint density at radius 1 is 1.03 bits per heavy atom. The Bertz CT molecular complexity index is 1010. The fourth-order valence-electron chi connectivity index (χ4n) is 3.05. The molecule has 1 aliphatic heterocycles. The number of hydrogen-bond donors (Lipinski definition) is 0. The van der Waals surface area contributed by atoms with Crippen molar-refractivity contribution in [3.05, 3.63) is 62.3 Å². The second-order valence-electron chi connectivity index (χ2n) is 6.62. The number of carbonyl (C=O) groups excluding carboxylic acids is 3. The molecule has 1 fully saturated rings. The number of carbonyl (C=O) groups is 3. The number of amides is 4. The van der Waals surface area contributed by atoms with Crippen molar-refractivity contribution in [1.82, 2.24) is 14.7 Å². The highest BCUT2D eigenvalue weighted by Crippen LogP contribution is 2.25. The van der Waals surface area contributed by atoms with Crippen LogP contribution in [0.3, 0.4) is 0 Å². The van der Waals surface area contributed by atoms with Crippen LogP contribution in [0.2, 0.25) is 0 Å². The van der Waals surface area contributed by atoms with Crippen molar-refractivity contribution in [2.24, 2.45) is 0 Å².